The summed E-state index contributed by atoms with van der Waals surface area (Å²) in [6.45, 7) is 2.34. The summed E-state index contributed by atoms with van der Waals surface area (Å²) in [5.74, 6) is -0.0848. The average molecular weight is 240 g/mol. The number of thioether (sulfide) groups is 1. The van der Waals surface area contributed by atoms with Crippen LogP contribution in [0.5, 0.6) is 0 Å². The number of hydrogen-bond donors (Lipinski definition) is 0. The van der Waals surface area contributed by atoms with E-state index in [0.29, 0.717) is 13.0 Å². The Balaban J connectivity index is 1.85. The summed E-state index contributed by atoms with van der Waals surface area (Å²) in [6, 6.07) is 0. The van der Waals surface area contributed by atoms with Crippen LogP contribution in [0.2, 0.25) is 0 Å². The average Bonchev–Trinajstić information content (AvgIpc) is 2.26. The molecule has 2 rings (SSSR count). The van der Waals surface area contributed by atoms with E-state index in [2.05, 4.69) is 17.8 Å². The Bertz CT molecular complexity index is 272. The molecule has 0 N–H and O–H groups in total. The van der Waals surface area contributed by atoms with E-state index >= 15 is 0 Å². The second kappa shape index (κ2) is 5.76. The fraction of sp³-hybridized carbons (Fsp3) is 0.769. The maximum atomic E-state index is 11.3. The second-order valence-electron chi connectivity index (χ2n) is 4.59. The molecule has 3 heteroatoms. The Morgan fingerprint density at radius 2 is 2.12 bits per heavy atom. The van der Waals surface area contributed by atoms with Crippen LogP contribution >= 0.6 is 11.8 Å². The molecule has 2 nitrogen and oxygen atoms in total. The Kier molecular flexibility index (Phi) is 4.33. The molecule has 2 aliphatic rings. The molecule has 2 heterocycles. The van der Waals surface area contributed by atoms with Gasteiger partial charge in [0.2, 0.25) is 0 Å². The van der Waals surface area contributed by atoms with E-state index in [1.807, 2.05) is 6.92 Å². The van der Waals surface area contributed by atoms with Crippen LogP contribution in [0.25, 0.3) is 0 Å². The summed E-state index contributed by atoms with van der Waals surface area (Å²) in [5, 5.41) is 1.64. The van der Waals surface area contributed by atoms with Gasteiger partial charge < -0.3 is 4.74 Å². The van der Waals surface area contributed by atoms with E-state index in [9.17, 15) is 4.79 Å². The molecule has 2 saturated heterocycles. The highest BCUT2D eigenvalue weighted by Crippen LogP contribution is 2.43. The largest absolute Gasteiger partial charge is 0.466 e. The van der Waals surface area contributed by atoms with E-state index in [-0.39, 0.29) is 5.97 Å². The van der Waals surface area contributed by atoms with Crippen molar-refractivity contribution in [3.8, 4) is 0 Å². The third kappa shape index (κ3) is 3.27. The Hall–Kier alpha value is -0.440. The van der Waals surface area contributed by atoms with Crippen LogP contribution in [-0.2, 0) is 9.53 Å². The minimum Gasteiger partial charge on any atom is -0.466 e. The van der Waals surface area contributed by atoms with Gasteiger partial charge in [-0.15, -0.1) is 0 Å². The smallest absolute Gasteiger partial charge is 0.309 e. The van der Waals surface area contributed by atoms with E-state index in [1.165, 1.54) is 37.7 Å². The Morgan fingerprint density at radius 1 is 1.44 bits per heavy atom. The van der Waals surface area contributed by atoms with E-state index in [0.717, 1.165) is 10.5 Å². The molecule has 0 aromatic carbocycles. The number of ether oxygens (including phenoxy) is 1. The molecule has 0 amide bonds. The van der Waals surface area contributed by atoms with Gasteiger partial charge in [-0.2, -0.15) is 11.8 Å². The van der Waals surface area contributed by atoms with Crippen LogP contribution in [0.15, 0.2) is 11.6 Å². The third-order valence-electron chi connectivity index (χ3n) is 3.28. The molecule has 90 valence electrons. The van der Waals surface area contributed by atoms with Gasteiger partial charge in [0, 0.05) is 10.5 Å². The monoisotopic (exact) mass is 240 g/mol. The molecule has 2 unspecified atom stereocenters. The normalized spacial score (nSPS) is 28.7. The lowest BCUT2D eigenvalue weighted by Crippen LogP contribution is -2.24. The lowest BCUT2D eigenvalue weighted by atomic mass is 9.94. The lowest BCUT2D eigenvalue weighted by Gasteiger charge is -2.35. The highest BCUT2D eigenvalue weighted by atomic mass is 32.2. The van der Waals surface area contributed by atoms with Crippen LogP contribution in [-0.4, -0.2) is 23.1 Å². The van der Waals surface area contributed by atoms with Gasteiger partial charge in [-0.3, -0.25) is 4.79 Å². The minimum absolute atomic E-state index is 0.0848. The molecule has 0 aromatic rings. The number of carbonyl (C=O) groups excluding carboxylic acids is 1. The SMILES string of the molecule is CCOC(=O)CC=C1CC2CCCC(C1)S2. The van der Waals surface area contributed by atoms with Gasteiger partial charge in [0.05, 0.1) is 13.0 Å². The van der Waals surface area contributed by atoms with Crippen LogP contribution < -0.4 is 0 Å². The summed E-state index contributed by atoms with van der Waals surface area (Å²) >= 11 is 2.16. The number of hydrogen-bond acceptors (Lipinski definition) is 3. The maximum Gasteiger partial charge on any atom is 0.309 e. The molecule has 0 radical (unpaired) electrons. The van der Waals surface area contributed by atoms with Gasteiger partial charge in [0.1, 0.15) is 0 Å². The van der Waals surface area contributed by atoms with Crippen LogP contribution in [0, 0.1) is 0 Å². The molecular formula is C13H20O2S. The molecule has 2 fully saturated rings. The zero-order chi connectivity index (χ0) is 11.4. The first-order chi connectivity index (χ1) is 7.78. The van der Waals surface area contributed by atoms with Crippen molar-refractivity contribution in [3.63, 3.8) is 0 Å². The van der Waals surface area contributed by atoms with Crippen LogP contribution in [0.1, 0.15) is 45.4 Å². The molecule has 2 bridgehead atoms. The van der Waals surface area contributed by atoms with Gasteiger partial charge in [0.25, 0.3) is 0 Å². The van der Waals surface area contributed by atoms with Crippen molar-refractivity contribution >= 4 is 17.7 Å². The summed E-state index contributed by atoms with van der Waals surface area (Å²) in [5.41, 5.74) is 1.49. The fourth-order valence-electron chi connectivity index (χ4n) is 2.56. The van der Waals surface area contributed by atoms with E-state index < -0.39 is 0 Å². The van der Waals surface area contributed by atoms with Crippen molar-refractivity contribution in [2.75, 3.05) is 6.61 Å². The first kappa shape index (κ1) is 12.0. The number of esters is 1. The van der Waals surface area contributed by atoms with Crippen molar-refractivity contribution in [2.24, 2.45) is 0 Å². The summed E-state index contributed by atoms with van der Waals surface area (Å²) in [4.78, 5) is 11.3. The molecule has 0 spiro atoms. The summed E-state index contributed by atoms with van der Waals surface area (Å²) < 4.78 is 4.94. The van der Waals surface area contributed by atoms with Crippen LogP contribution in [0.3, 0.4) is 0 Å². The minimum atomic E-state index is -0.0848. The molecule has 2 atom stereocenters. The Labute approximate surface area is 102 Å². The first-order valence-corrected chi connectivity index (χ1v) is 7.21. The Morgan fingerprint density at radius 3 is 2.75 bits per heavy atom. The topological polar surface area (TPSA) is 26.3 Å². The second-order valence-corrected chi connectivity index (χ2v) is 6.20. The number of allylic oxidation sites excluding steroid dienone is 1. The highest BCUT2D eigenvalue weighted by molar-refractivity contribution is 8.00. The highest BCUT2D eigenvalue weighted by Gasteiger charge is 2.28. The van der Waals surface area contributed by atoms with Crippen molar-refractivity contribution < 1.29 is 9.53 Å². The fourth-order valence-corrected chi connectivity index (χ4v) is 4.33. The van der Waals surface area contributed by atoms with Crippen molar-refractivity contribution in [1.29, 1.82) is 0 Å². The van der Waals surface area contributed by atoms with Gasteiger partial charge in [-0.05, 0) is 32.6 Å². The molecule has 0 aromatic heterocycles. The number of carbonyl (C=O) groups is 1. The standard InChI is InChI=1S/C13H20O2S/c1-2-15-13(14)7-6-10-8-11-4-3-5-12(9-10)16-11/h6,11-12H,2-5,7-9H2,1H3. The van der Waals surface area contributed by atoms with Gasteiger partial charge >= 0.3 is 5.97 Å². The molecule has 16 heavy (non-hydrogen) atoms. The molecular weight excluding hydrogens is 220 g/mol. The predicted octanol–water partition coefficient (Wildman–Crippen LogP) is 3.31. The summed E-state index contributed by atoms with van der Waals surface area (Å²) in [6.07, 6.45) is 9.08. The number of rotatable bonds is 3. The molecule has 2 aliphatic heterocycles. The third-order valence-corrected chi connectivity index (χ3v) is 4.85. The van der Waals surface area contributed by atoms with Gasteiger partial charge in [-0.25, -0.2) is 0 Å². The first-order valence-electron chi connectivity index (χ1n) is 6.27. The number of fused-ring (bicyclic) bond motifs is 2. The quantitative estimate of drug-likeness (QED) is 0.559. The molecule has 0 aliphatic carbocycles. The van der Waals surface area contributed by atoms with Crippen LogP contribution in [0.4, 0.5) is 0 Å². The predicted molar refractivity (Wildman–Crippen MR) is 67.6 cm³/mol. The van der Waals surface area contributed by atoms with E-state index in [4.69, 9.17) is 4.74 Å². The van der Waals surface area contributed by atoms with Crippen molar-refractivity contribution in [3.05, 3.63) is 11.6 Å². The zero-order valence-electron chi connectivity index (χ0n) is 9.91. The van der Waals surface area contributed by atoms with E-state index in [1.54, 1.807) is 0 Å². The molecule has 0 saturated carbocycles. The van der Waals surface area contributed by atoms with Crippen molar-refractivity contribution in [2.45, 2.75) is 55.9 Å². The summed E-state index contributed by atoms with van der Waals surface area (Å²) in [7, 11) is 0. The maximum absolute atomic E-state index is 11.3. The van der Waals surface area contributed by atoms with Gasteiger partial charge in [-0.1, -0.05) is 18.1 Å². The lowest BCUT2D eigenvalue weighted by molar-refractivity contribution is -0.142. The van der Waals surface area contributed by atoms with Gasteiger partial charge in [0.15, 0.2) is 0 Å². The zero-order valence-corrected chi connectivity index (χ0v) is 10.7. The van der Waals surface area contributed by atoms with Crippen molar-refractivity contribution in [1.82, 2.24) is 0 Å².